The number of rotatable bonds is 3. The zero-order chi connectivity index (χ0) is 14.9. The van der Waals surface area contributed by atoms with Crippen LogP contribution in [0.3, 0.4) is 0 Å². The van der Waals surface area contributed by atoms with Crippen molar-refractivity contribution in [2.24, 2.45) is 0 Å². The Bertz CT molecular complexity index is 650. The van der Waals surface area contributed by atoms with Crippen LogP contribution in [0, 0.1) is 11.3 Å². The Morgan fingerprint density at radius 2 is 2.25 bits per heavy atom. The Kier molecular flexibility index (Phi) is 3.64. The zero-order valence-electron chi connectivity index (χ0n) is 10.8. The summed E-state index contributed by atoms with van der Waals surface area (Å²) in [6.45, 7) is 5.37. The summed E-state index contributed by atoms with van der Waals surface area (Å²) in [5, 5.41) is 11.6. The van der Waals surface area contributed by atoms with Crippen LogP contribution in [0.15, 0.2) is 35.3 Å². The summed E-state index contributed by atoms with van der Waals surface area (Å²) >= 11 is 3.14. The Labute approximate surface area is 125 Å². The Morgan fingerprint density at radius 1 is 1.55 bits per heavy atom. The van der Waals surface area contributed by atoms with Crippen molar-refractivity contribution >= 4 is 27.9 Å². The molecule has 0 saturated carbocycles. The predicted octanol–water partition coefficient (Wildman–Crippen LogP) is 2.23. The molecule has 1 saturated heterocycles. The largest absolute Gasteiger partial charge is 0.325 e. The van der Waals surface area contributed by atoms with Gasteiger partial charge >= 0.3 is 6.03 Å². The second-order valence-corrected chi connectivity index (χ2v) is 5.78. The molecule has 6 heteroatoms. The number of urea groups is 1. The molecule has 0 spiro atoms. The third-order valence-electron chi connectivity index (χ3n) is 3.17. The molecule has 0 aromatic heterocycles. The van der Waals surface area contributed by atoms with E-state index in [9.17, 15) is 9.59 Å². The van der Waals surface area contributed by atoms with Crippen molar-refractivity contribution in [3.8, 4) is 6.07 Å². The van der Waals surface area contributed by atoms with E-state index in [0.29, 0.717) is 15.6 Å². The van der Waals surface area contributed by atoms with Gasteiger partial charge in [-0.25, -0.2) is 4.79 Å². The van der Waals surface area contributed by atoms with Crippen LogP contribution in [-0.2, 0) is 10.3 Å². The number of hydrogen-bond donors (Lipinski definition) is 1. The number of benzene rings is 1. The quantitative estimate of drug-likeness (QED) is 0.862. The molecule has 0 unspecified atom stereocenters. The monoisotopic (exact) mass is 333 g/mol. The Morgan fingerprint density at radius 3 is 2.85 bits per heavy atom. The van der Waals surface area contributed by atoms with E-state index in [1.807, 2.05) is 6.07 Å². The molecule has 102 valence electrons. The number of nitriles is 1. The first-order chi connectivity index (χ1) is 9.38. The number of nitrogens with zero attached hydrogens (tertiary/aromatic N) is 2. The van der Waals surface area contributed by atoms with Gasteiger partial charge in [-0.2, -0.15) is 5.26 Å². The number of halogens is 1. The number of imide groups is 1. The second-order valence-electron chi connectivity index (χ2n) is 4.66. The average molecular weight is 334 g/mol. The number of nitrogens with one attached hydrogen (secondary N) is 1. The molecule has 1 aliphatic rings. The highest BCUT2D eigenvalue weighted by Crippen LogP contribution is 2.29. The van der Waals surface area contributed by atoms with Gasteiger partial charge in [-0.15, -0.1) is 0 Å². The molecule has 1 N–H and O–H groups in total. The van der Waals surface area contributed by atoms with E-state index in [4.69, 9.17) is 5.26 Å². The standard InChI is InChI=1S/C14H12BrN3O2/c1-9(15)8-18-12(19)14(2,17-13(18)20)11-5-3-4-10(6-11)7-16/h3-6H,1,8H2,2H3,(H,17,20)/t14-/m0/s1. The first-order valence-electron chi connectivity index (χ1n) is 5.86. The molecule has 0 radical (unpaired) electrons. The minimum atomic E-state index is -1.16. The lowest BCUT2D eigenvalue weighted by Gasteiger charge is -2.22. The van der Waals surface area contributed by atoms with E-state index < -0.39 is 11.6 Å². The normalized spacial score (nSPS) is 21.6. The summed E-state index contributed by atoms with van der Waals surface area (Å²) in [5.74, 6) is -0.363. The topological polar surface area (TPSA) is 73.2 Å². The number of amides is 3. The highest BCUT2D eigenvalue weighted by molar-refractivity contribution is 9.11. The summed E-state index contributed by atoms with van der Waals surface area (Å²) in [4.78, 5) is 25.5. The van der Waals surface area contributed by atoms with Gasteiger partial charge in [0, 0.05) is 4.48 Å². The maximum Gasteiger partial charge on any atom is 0.325 e. The summed E-state index contributed by atoms with van der Waals surface area (Å²) in [7, 11) is 0. The van der Waals surface area contributed by atoms with Gasteiger partial charge in [-0.1, -0.05) is 34.6 Å². The minimum absolute atomic E-state index is 0.109. The van der Waals surface area contributed by atoms with Crippen LogP contribution in [0.25, 0.3) is 0 Å². The van der Waals surface area contributed by atoms with Gasteiger partial charge in [0.1, 0.15) is 5.54 Å². The number of hydrogen-bond acceptors (Lipinski definition) is 3. The fourth-order valence-corrected chi connectivity index (χ4v) is 2.36. The fourth-order valence-electron chi connectivity index (χ4n) is 2.11. The van der Waals surface area contributed by atoms with E-state index >= 15 is 0 Å². The van der Waals surface area contributed by atoms with Gasteiger partial charge in [0.25, 0.3) is 5.91 Å². The van der Waals surface area contributed by atoms with E-state index in [1.54, 1.807) is 31.2 Å². The van der Waals surface area contributed by atoms with Crippen LogP contribution in [0.5, 0.6) is 0 Å². The van der Waals surface area contributed by atoms with E-state index in [0.717, 1.165) is 4.90 Å². The van der Waals surface area contributed by atoms with E-state index in [1.165, 1.54) is 0 Å². The Balaban J connectivity index is 2.41. The van der Waals surface area contributed by atoms with Crippen molar-refractivity contribution in [3.63, 3.8) is 0 Å². The third-order valence-corrected chi connectivity index (χ3v) is 3.42. The van der Waals surface area contributed by atoms with Crippen molar-refractivity contribution in [1.29, 1.82) is 5.26 Å². The van der Waals surface area contributed by atoms with Gasteiger partial charge in [0.05, 0.1) is 18.2 Å². The van der Waals surface area contributed by atoms with E-state index in [2.05, 4.69) is 27.8 Å². The molecular formula is C14H12BrN3O2. The summed E-state index contributed by atoms with van der Waals surface area (Å²) in [6, 6.07) is 8.19. The smallest absolute Gasteiger partial charge is 0.319 e. The molecular weight excluding hydrogens is 322 g/mol. The molecule has 2 rings (SSSR count). The highest BCUT2D eigenvalue weighted by Gasteiger charge is 2.48. The van der Waals surface area contributed by atoms with Crippen LogP contribution in [-0.4, -0.2) is 23.4 Å². The maximum absolute atomic E-state index is 12.5. The molecule has 5 nitrogen and oxygen atoms in total. The first-order valence-corrected chi connectivity index (χ1v) is 6.66. The molecule has 1 atom stereocenters. The minimum Gasteiger partial charge on any atom is -0.319 e. The summed E-state index contributed by atoms with van der Waals surface area (Å²) in [6.07, 6.45) is 0. The van der Waals surface area contributed by atoms with Gasteiger partial charge in [0.15, 0.2) is 0 Å². The third kappa shape index (κ3) is 2.32. The summed E-state index contributed by atoms with van der Waals surface area (Å²) < 4.78 is 0.538. The van der Waals surface area contributed by atoms with Crippen molar-refractivity contribution < 1.29 is 9.59 Å². The van der Waals surface area contributed by atoms with Crippen molar-refractivity contribution in [1.82, 2.24) is 10.2 Å². The molecule has 0 bridgehead atoms. The summed E-state index contributed by atoms with van der Waals surface area (Å²) in [5.41, 5.74) is -0.140. The van der Waals surface area contributed by atoms with Crippen LogP contribution in [0.1, 0.15) is 18.1 Å². The lowest BCUT2D eigenvalue weighted by Crippen LogP contribution is -2.41. The van der Waals surface area contributed by atoms with Crippen LogP contribution < -0.4 is 5.32 Å². The van der Waals surface area contributed by atoms with Gasteiger partial charge in [-0.05, 0) is 24.6 Å². The van der Waals surface area contributed by atoms with Gasteiger partial charge in [-0.3, -0.25) is 9.69 Å². The van der Waals surface area contributed by atoms with Gasteiger partial charge < -0.3 is 5.32 Å². The van der Waals surface area contributed by atoms with Crippen molar-refractivity contribution in [3.05, 3.63) is 46.5 Å². The molecule has 1 heterocycles. The molecule has 1 aromatic carbocycles. The molecule has 20 heavy (non-hydrogen) atoms. The Hall–Kier alpha value is -2.13. The lowest BCUT2D eigenvalue weighted by atomic mass is 9.91. The molecule has 1 fully saturated rings. The molecule has 3 amide bonds. The molecule has 1 aromatic rings. The van der Waals surface area contributed by atoms with Crippen LogP contribution >= 0.6 is 15.9 Å². The van der Waals surface area contributed by atoms with E-state index in [-0.39, 0.29) is 12.5 Å². The van der Waals surface area contributed by atoms with Crippen LogP contribution in [0.4, 0.5) is 4.79 Å². The number of carbonyl (C=O) groups excluding carboxylic acids is 2. The predicted molar refractivity (Wildman–Crippen MR) is 76.8 cm³/mol. The fraction of sp³-hybridized carbons (Fsp3) is 0.214. The van der Waals surface area contributed by atoms with Gasteiger partial charge in [0.2, 0.25) is 0 Å². The highest BCUT2D eigenvalue weighted by atomic mass is 79.9. The maximum atomic E-state index is 12.5. The van der Waals surface area contributed by atoms with Crippen molar-refractivity contribution in [2.75, 3.05) is 6.54 Å². The van der Waals surface area contributed by atoms with Crippen molar-refractivity contribution in [2.45, 2.75) is 12.5 Å². The number of carbonyl (C=O) groups is 2. The first kappa shape index (κ1) is 14.3. The second kappa shape index (κ2) is 5.10. The lowest BCUT2D eigenvalue weighted by molar-refractivity contribution is -0.130. The zero-order valence-corrected chi connectivity index (χ0v) is 12.4. The van der Waals surface area contributed by atoms with Crippen LogP contribution in [0.2, 0.25) is 0 Å². The average Bonchev–Trinajstić information content (AvgIpc) is 2.63. The molecule has 0 aliphatic carbocycles. The molecule has 1 aliphatic heterocycles. The SMILES string of the molecule is C=C(Br)CN1C(=O)N[C@@](C)(c2cccc(C#N)c2)C1=O.